The molecule has 0 aromatic carbocycles. The number of ether oxygens (including phenoxy) is 1. The van der Waals surface area contributed by atoms with Gasteiger partial charge in [-0.3, -0.25) is 9.97 Å². The second-order valence-corrected chi connectivity index (χ2v) is 4.13. The number of aryl methyl sites for hydroxylation is 1. The van der Waals surface area contributed by atoms with Crippen LogP contribution in [0.25, 0.3) is 0 Å². The number of rotatable bonds is 4. The molecule has 0 amide bonds. The molecule has 1 atom stereocenters. The molecule has 2 heterocycles. The van der Waals surface area contributed by atoms with Crippen LogP contribution in [0.5, 0.6) is 5.75 Å². The highest BCUT2D eigenvalue weighted by Gasteiger charge is 2.16. The standard InChI is InChI=1S/C14H17N3O/c1-10-6-11(8-17-7-10)14(15-2)12-4-5-16-9-13(12)18-3/h4-9,14-15H,1-3H3. The van der Waals surface area contributed by atoms with Crippen molar-refractivity contribution in [1.82, 2.24) is 15.3 Å². The lowest BCUT2D eigenvalue weighted by Crippen LogP contribution is -2.18. The van der Waals surface area contributed by atoms with Gasteiger partial charge >= 0.3 is 0 Å². The first kappa shape index (κ1) is 12.5. The van der Waals surface area contributed by atoms with E-state index in [9.17, 15) is 0 Å². The molecule has 0 aliphatic carbocycles. The number of hydrogen-bond acceptors (Lipinski definition) is 4. The van der Waals surface area contributed by atoms with Crippen LogP contribution >= 0.6 is 0 Å². The van der Waals surface area contributed by atoms with E-state index in [1.165, 1.54) is 0 Å². The Labute approximate surface area is 107 Å². The SMILES string of the molecule is CNC(c1cncc(C)c1)c1ccncc1OC. The first-order valence-corrected chi connectivity index (χ1v) is 5.83. The van der Waals surface area contributed by atoms with E-state index in [2.05, 4.69) is 21.4 Å². The molecule has 4 nitrogen and oxygen atoms in total. The fourth-order valence-corrected chi connectivity index (χ4v) is 2.04. The Hall–Kier alpha value is -1.94. The average Bonchev–Trinajstić information content (AvgIpc) is 2.40. The number of hydrogen-bond donors (Lipinski definition) is 1. The van der Waals surface area contributed by atoms with E-state index in [-0.39, 0.29) is 6.04 Å². The molecule has 0 aliphatic heterocycles. The number of nitrogens with zero attached hydrogens (tertiary/aromatic N) is 2. The molecule has 0 radical (unpaired) electrons. The van der Waals surface area contributed by atoms with Crippen molar-refractivity contribution in [3.8, 4) is 5.75 Å². The van der Waals surface area contributed by atoms with Gasteiger partial charge in [0.25, 0.3) is 0 Å². The predicted molar refractivity (Wildman–Crippen MR) is 70.7 cm³/mol. The van der Waals surface area contributed by atoms with E-state index in [4.69, 9.17) is 4.74 Å². The third-order valence-electron chi connectivity index (χ3n) is 2.87. The maximum absolute atomic E-state index is 5.36. The van der Waals surface area contributed by atoms with Crippen LogP contribution in [0.2, 0.25) is 0 Å². The van der Waals surface area contributed by atoms with Gasteiger partial charge in [-0.05, 0) is 31.2 Å². The lowest BCUT2D eigenvalue weighted by atomic mass is 9.99. The molecule has 94 valence electrons. The molecule has 0 bridgehead atoms. The van der Waals surface area contributed by atoms with E-state index >= 15 is 0 Å². The van der Waals surface area contributed by atoms with Crippen LogP contribution < -0.4 is 10.1 Å². The summed E-state index contributed by atoms with van der Waals surface area (Å²) in [6.45, 7) is 2.03. The zero-order valence-electron chi connectivity index (χ0n) is 10.8. The summed E-state index contributed by atoms with van der Waals surface area (Å²) in [5.74, 6) is 0.776. The van der Waals surface area contributed by atoms with Gasteiger partial charge in [0.2, 0.25) is 0 Å². The smallest absolute Gasteiger partial charge is 0.142 e. The van der Waals surface area contributed by atoms with Crippen molar-refractivity contribution in [2.24, 2.45) is 0 Å². The molecule has 1 N–H and O–H groups in total. The van der Waals surface area contributed by atoms with Crippen LogP contribution in [0, 0.1) is 6.92 Å². The fraction of sp³-hybridized carbons (Fsp3) is 0.286. The van der Waals surface area contributed by atoms with Gasteiger partial charge in [0.05, 0.1) is 19.3 Å². The first-order chi connectivity index (χ1) is 8.76. The van der Waals surface area contributed by atoms with Gasteiger partial charge in [0.1, 0.15) is 5.75 Å². The summed E-state index contributed by atoms with van der Waals surface area (Å²) < 4.78 is 5.36. The van der Waals surface area contributed by atoms with Crippen molar-refractivity contribution in [3.63, 3.8) is 0 Å². The molecular weight excluding hydrogens is 226 g/mol. The Morgan fingerprint density at radius 1 is 1.22 bits per heavy atom. The summed E-state index contributed by atoms with van der Waals surface area (Å²) in [7, 11) is 3.58. The number of nitrogens with one attached hydrogen (secondary N) is 1. The van der Waals surface area contributed by atoms with Gasteiger partial charge in [-0.15, -0.1) is 0 Å². The van der Waals surface area contributed by atoms with Gasteiger partial charge in [0.15, 0.2) is 0 Å². The van der Waals surface area contributed by atoms with Crippen molar-refractivity contribution >= 4 is 0 Å². The Bertz CT molecular complexity index is 528. The van der Waals surface area contributed by atoms with Gasteiger partial charge in [-0.1, -0.05) is 6.07 Å². The molecule has 0 saturated carbocycles. The zero-order valence-corrected chi connectivity index (χ0v) is 10.8. The van der Waals surface area contributed by atoms with Crippen LogP contribution in [-0.4, -0.2) is 24.1 Å². The van der Waals surface area contributed by atoms with Crippen LogP contribution in [0.1, 0.15) is 22.7 Å². The van der Waals surface area contributed by atoms with E-state index < -0.39 is 0 Å². The van der Waals surface area contributed by atoms with Crippen LogP contribution in [0.3, 0.4) is 0 Å². The Kier molecular flexibility index (Phi) is 3.89. The van der Waals surface area contributed by atoms with Gasteiger partial charge in [-0.2, -0.15) is 0 Å². The molecule has 0 spiro atoms. The molecule has 2 aromatic rings. The molecule has 18 heavy (non-hydrogen) atoms. The molecule has 0 fully saturated rings. The first-order valence-electron chi connectivity index (χ1n) is 5.83. The van der Waals surface area contributed by atoms with Crippen LogP contribution in [0.15, 0.2) is 36.9 Å². The van der Waals surface area contributed by atoms with Gasteiger partial charge in [0, 0.05) is 24.2 Å². The highest BCUT2D eigenvalue weighted by Crippen LogP contribution is 2.28. The largest absolute Gasteiger partial charge is 0.495 e. The van der Waals surface area contributed by atoms with Crippen molar-refractivity contribution in [1.29, 1.82) is 0 Å². The maximum atomic E-state index is 5.36. The van der Waals surface area contributed by atoms with Crippen molar-refractivity contribution in [2.45, 2.75) is 13.0 Å². The normalized spacial score (nSPS) is 12.2. The van der Waals surface area contributed by atoms with E-state index in [1.807, 2.05) is 32.4 Å². The fourth-order valence-electron chi connectivity index (χ4n) is 2.04. The van der Waals surface area contributed by atoms with Gasteiger partial charge < -0.3 is 10.1 Å². The van der Waals surface area contributed by atoms with Crippen molar-refractivity contribution in [2.75, 3.05) is 14.2 Å². The summed E-state index contributed by atoms with van der Waals surface area (Å²) in [4.78, 5) is 8.31. The molecule has 4 heteroatoms. The van der Waals surface area contributed by atoms with E-state index in [0.717, 1.165) is 22.4 Å². The Balaban J connectivity index is 2.45. The lowest BCUT2D eigenvalue weighted by molar-refractivity contribution is 0.403. The van der Waals surface area contributed by atoms with Gasteiger partial charge in [-0.25, -0.2) is 0 Å². The van der Waals surface area contributed by atoms with Crippen molar-refractivity contribution < 1.29 is 4.74 Å². The third-order valence-corrected chi connectivity index (χ3v) is 2.87. The number of methoxy groups -OCH3 is 1. The summed E-state index contributed by atoms with van der Waals surface area (Å²) in [6.07, 6.45) is 7.21. The summed E-state index contributed by atoms with van der Waals surface area (Å²) in [6, 6.07) is 4.13. The topological polar surface area (TPSA) is 47.0 Å². The summed E-state index contributed by atoms with van der Waals surface area (Å²) in [5, 5.41) is 3.29. The minimum atomic E-state index is 0.0512. The number of aromatic nitrogens is 2. The average molecular weight is 243 g/mol. The second kappa shape index (κ2) is 5.60. The Morgan fingerprint density at radius 2 is 2.06 bits per heavy atom. The van der Waals surface area contributed by atoms with E-state index in [0.29, 0.717) is 0 Å². The second-order valence-electron chi connectivity index (χ2n) is 4.13. The predicted octanol–water partition coefficient (Wildman–Crippen LogP) is 2.10. The molecule has 0 aliphatic rings. The monoisotopic (exact) mass is 243 g/mol. The molecule has 0 saturated heterocycles. The van der Waals surface area contributed by atoms with E-state index in [1.54, 1.807) is 19.5 Å². The molecule has 1 unspecified atom stereocenters. The minimum absolute atomic E-state index is 0.0512. The highest BCUT2D eigenvalue weighted by atomic mass is 16.5. The molecule has 2 rings (SSSR count). The Morgan fingerprint density at radius 3 is 2.72 bits per heavy atom. The lowest BCUT2D eigenvalue weighted by Gasteiger charge is -2.19. The van der Waals surface area contributed by atoms with Crippen LogP contribution in [-0.2, 0) is 0 Å². The molecular formula is C14H17N3O. The maximum Gasteiger partial charge on any atom is 0.142 e. The molecule has 2 aromatic heterocycles. The quantitative estimate of drug-likeness (QED) is 0.893. The van der Waals surface area contributed by atoms with Crippen LogP contribution in [0.4, 0.5) is 0 Å². The highest BCUT2D eigenvalue weighted by molar-refractivity contribution is 5.39. The number of pyridine rings is 2. The third kappa shape index (κ3) is 2.49. The minimum Gasteiger partial charge on any atom is -0.495 e. The summed E-state index contributed by atoms with van der Waals surface area (Å²) in [5.41, 5.74) is 3.31. The zero-order chi connectivity index (χ0) is 13.0. The summed E-state index contributed by atoms with van der Waals surface area (Å²) >= 11 is 0. The van der Waals surface area contributed by atoms with Crippen molar-refractivity contribution in [3.05, 3.63) is 53.6 Å².